The van der Waals surface area contributed by atoms with E-state index in [1.54, 1.807) is 23.0 Å². The monoisotopic (exact) mass is 496 g/mol. The van der Waals surface area contributed by atoms with Crippen molar-refractivity contribution >= 4 is 46.6 Å². The third-order valence-electron chi connectivity index (χ3n) is 5.49. The summed E-state index contributed by atoms with van der Waals surface area (Å²) in [6.45, 7) is 5.74. The Morgan fingerprint density at radius 3 is 2.19 bits per heavy atom. The molecule has 32 heavy (non-hydrogen) atoms. The molecule has 0 aliphatic carbocycles. The molecule has 0 atom stereocenters. The van der Waals surface area contributed by atoms with Crippen molar-refractivity contribution in [1.82, 2.24) is 14.7 Å². The predicted molar refractivity (Wildman–Crippen MR) is 127 cm³/mol. The molecule has 4 rings (SSSR count). The minimum absolute atomic E-state index is 0.431. The quantitative estimate of drug-likeness (QED) is 0.416. The van der Waals surface area contributed by atoms with Crippen LogP contribution in [-0.2, 0) is 0 Å². The van der Waals surface area contributed by atoms with E-state index in [9.17, 15) is 8.78 Å². The Morgan fingerprint density at radius 1 is 0.938 bits per heavy atom. The fourth-order valence-corrected chi connectivity index (χ4v) is 4.76. The summed E-state index contributed by atoms with van der Waals surface area (Å²) in [6.07, 6.45) is 5.87. The first-order valence-corrected chi connectivity index (χ1v) is 11.2. The summed E-state index contributed by atoms with van der Waals surface area (Å²) in [5.74, 6) is -1.11. The summed E-state index contributed by atoms with van der Waals surface area (Å²) in [4.78, 5) is 4.29. The Bertz CT molecular complexity index is 1110. The van der Waals surface area contributed by atoms with Crippen molar-refractivity contribution in [3.8, 4) is 5.69 Å². The lowest BCUT2D eigenvalue weighted by Gasteiger charge is -2.35. The van der Waals surface area contributed by atoms with Gasteiger partial charge in [0.1, 0.15) is 17.3 Å². The van der Waals surface area contributed by atoms with Crippen molar-refractivity contribution in [3.63, 3.8) is 0 Å². The third-order valence-corrected chi connectivity index (χ3v) is 6.28. The third kappa shape index (κ3) is 5.09. The average molecular weight is 498 g/mol. The van der Waals surface area contributed by atoms with Gasteiger partial charge in [-0.1, -0.05) is 47.0 Å². The lowest BCUT2D eigenvalue weighted by Crippen LogP contribution is -2.46. The van der Waals surface area contributed by atoms with Gasteiger partial charge in [0, 0.05) is 60.8 Å². The van der Waals surface area contributed by atoms with E-state index < -0.39 is 11.6 Å². The van der Waals surface area contributed by atoms with Crippen molar-refractivity contribution in [2.24, 2.45) is 0 Å². The van der Waals surface area contributed by atoms with Gasteiger partial charge in [-0.3, -0.25) is 4.90 Å². The molecule has 2 aromatic carbocycles. The highest BCUT2D eigenvalue weighted by Crippen LogP contribution is 2.33. The molecule has 1 aliphatic rings. The van der Waals surface area contributed by atoms with Gasteiger partial charge in [0.2, 0.25) is 0 Å². The molecule has 0 saturated carbocycles. The summed E-state index contributed by atoms with van der Waals surface area (Å²) in [6, 6.07) is 6.91. The molecule has 0 radical (unpaired) electrons. The van der Waals surface area contributed by atoms with Crippen LogP contribution >= 0.6 is 34.8 Å². The fraction of sp³-hybridized carbons (Fsp3) is 0.261. The van der Waals surface area contributed by atoms with E-state index in [0.717, 1.165) is 37.0 Å². The molecule has 9 heteroatoms. The molecule has 0 N–H and O–H groups in total. The Balaban J connectivity index is 1.38. The maximum Gasteiger partial charge on any atom is 0.128 e. The van der Waals surface area contributed by atoms with Crippen LogP contribution in [0.4, 0.5) is 14.5 Å². The molecule has 1 aromatic heterocycles. The number of aromatic nitrogens is 2. The number of halogens is 5. The van der Waals surface area contributed by atoms with E-state index in [2.05, 4.69) is 16.1 Å². The van der Waals surface area contributed by atoms with Crippen LogP contribution in [0.1, 0.15) is 11.3 Å². The summed E-state index contributed by atoms with van der Waals surface area (Å²) >= 11 is 18.7. The van der Waals surface area contributed by atoms with Crippen LogP contribution in [-0.4, -0.2) is 47.4 Å². The van der Waals surface area contributed by atoms with Gasteiger partial charge in [-0.25, -0.2) is 13.5 Å². The number of rotatable bonds is 5. The maximum absolute atomic E-state index is 13.5. The summed E-state index contributed by atoms with van der Waals surface area (Å²) in [5, 5.41) is 5.76. The van der Waals surface area contributed by atoms with Gasteiger partial charge >= 0.3 is 0 Å². The number of anilines is 1. The van der Waals surface area contributed by atoms with E-state index in [1.807, 2.05) is 17.9 Å². The minimum Gasteiger partial charge on any atom is -0.369 e. The van der Waals surface area contributed by atoms with Crippen molar-refractivity contribution < 1.29 is 8.78 Å². The van der Waals surface area contributed by atoms with Crippen LogP contribution in [0.3, 0.4) is 0 Å². The second-order valence-corrected chi connectivity index (χ2v) is 8.88. The molecule has 0 unspecified atom stereocenters. The molecule has 0 spiro atoms. The fourth-order valence-electron chi connectivity index (χ4n) is 3.79. The molecule has 3 aromatic rings. The molecule has 1 aliphatic heterocycles. The standard InChI is InChI=1S/C23H21Cl3F2N4/c1-15-16(14-29-32(15)23-21(25)9-17(24)10-22(23)26)3-2-4-30-5-7-31(8-6-30)20-12-18(27)11-19(28)13-20/h2-3,9-14H,4-8H2,1H3. The van der Waals surface area contributed by atoms with Gasteiger partial charge in [-0.2, -0.15) is 5.10 Å². The molecule has 168 valence electrons. The zero-order valence-electron chi connectivity index (χ0n) is 17.3. The lowest BCUT2D eigenvalue weighted by molar-refractivity contribution is 0.284. The van der Waals surface area contributed by atoms with Crippen molar-refractivity contribution in [2.75, 3.05) is 37.6 Å². The highest BCUT2D eigenvalue weighted by atomic mass is 35.5. The van der Waals surface area contributed by atoms with Crippen molar-refractivity contribution in [2.45, 2.75) is 6.92 Å². The minimum atomic E-state index is -0.553. The molecule has 4 nitrogen and oxygen atoms in total. The van der Waals surface area contributed by atoms with E-state index in [0.29, 0.717) is 39.5 Å². The van der Waals surface area contributed by atoms with E-state index in [1.165, 1.54) is 12.1 Å². The smallest absolute Gasteiger partial charge is 0.128 e. The Labute approximate surface area is 200 Å². The van der Waals surface area contributed by atoms with E-state index in [4.69, 9.17) is 34.8 Å². The zero-order chi connectivity index (χ0) is 22.8. The van der Waals surface area contributed by atoms with E-state index in [-0.39, 0.29) is 0 Å². The van der Waals surface area contributed by atoms with Gasteiger partial charge in [0.05, 0.1) is 16.2 Å². The molecule has 0 bridgehead atoms. The maximum atomic E-state index is 13.5. The SMILES string of the molecule is Cc1c(C=CCN2CCN(c3cc(F)cc(F)c3)CC2)cnn1-c1c(Cl)cc(Cl)cc1Cl. The highest BCUT2D eigenvalue weighted by Gasteiger charge is 2.18. The van der Waals surface area contributed by atoms with Crippen LogP contribution in [0.2, 0.25) is 15.1 Å². The van der Waals surface area contributed by atoms with Gasteiger partial charge in [-0.05, 0) is 31.2 Å². The second-order valence-electron chi connectivity index (χ2n) is 7.63. The van der Waals surface area contributed by atoms with Crippen LogP contribution < -0.4 is 4.90 Å². The summed E-state index contributed by atoms with van der Waals surface area (Å²) < 4.78 is 28.7. The lowest BCUT2D eigenvalue weighted by atomic mass is 10.2. The zero-order valence-corrected chi connectivity index (χ0v) is 19.6. The van der Waals surface area contributed by atoms with Gasteiger partial charge in [-0.15, -0.1) is 0 Å². The van der Waals surface area contributed by atoms with Gasteiger partial charge in [0.15, 0.2) is 0 Å². The molecular weight excluding hydrogens is 477 g/mol. The van der Waals surface area contributed by atoms with Crippen LogP contribution in [0.25, 0.3) is 11.8 Å². The number of benzene rings is 2. The van der Waals surface area contributed by atoms with Crippen molar-refractivity contribution in [3.05, 3.63) is 80.6 Å². The second kappa shape index (κ2) is 9.79. The van der Waals surface area contributed by atoms with E-state index >= 15 is 0 Å². The largest absolute Gasteiger partial charge is 0.369 e. The summed E-state index contributed by atoms with van der Waals surface area (Å²) in [5.41, 5.74) is 3.05. The molecule has 1 fully saturated rings. The Hall–Kier alpha value is -2.12. The number of piperazine rings is 1. The molecule has 1 saturated heterocycles. The van der Waals surface area contributed by atoms with Crippen LogP contribution in [0.5, 0.6) is 0 Å². The first-order valence-electron chi connectivity index (χ1n) is 10.1. The first-order chi connectivity index (χ1) is 15.3. The van der Waals surface area contributed by atoms with Crippen molar-refractivity contribution in [1.29, 1.82) is 0 Å². The number of nitrogens with zero attached hydrogens (tertiary/aromatic N) is 4. The number of hydrogen-bond donors (Lipinski definition) is 0. The highest BCUT2D eigenvalue weighted by molar-refractivity contribution is 6.40. The predicted octanol–water partition coefficient (Wildman–Crippen LogP) is 6.25. The molecular formula is C23H21Cl3F2N4. The van der Waals surface area contributed by atoms with Gasteiger partial charge < -0.3 is 4.90 Å². The topological polar surface area (TPSA) is 24.3 Å². The molecule has 2 heterocycles. The summed E-state index contributed by atoms with van der Waals surface area (Å²) in [7, 11) is 0. The first kappa shape index (κ1) is 23.1. The van der Waals surface area contributed by atoms with Crippen LogP contribution in [0, 0.1) is 18.6 Å². The average Bonchev–Trinajstić information content (AvgIpc) is 3.07. The normalized spacial score (nSPS) is 15.1. The number of hydrogen-bond acceptors (Lipinski definition) is 3. The molecule has 0 amide bonds. The Morgan fingerprint density at radius 2 is 1.56 bits per heavy atom. The van der Waals surface area contributed by atoms with Crippen LogP contribution in [0.15, 0.2) is 42.6 Å². The Kier molecular flexibility index (Phi) is 7.05. The van der Waals surface area contributed by atoms with Gasteiger partial charge in [0.25, 0.3) is 0 Å².